The second kappa shape index (κ2) is 4.65. The van der Waals surface area contributed by atoms with Crippen LogP contribution in [0.5, 0.6) is 0 Å². The van der Waals surface area contributed by atoms with E-state index in [9.17, 15) is 4.79 Å². The van der Waals surface area contributed by atoms with Gasteiger partial charge in [0.25, 0.3) is 5.91 Å². The Balaban J connectivity index is 1.95. The van der Waals surface area contributed by atoms with Crippen LogP contribution < -0.4 is 4.90 Å². The number of carbonyl (C=O) groups is 1. The fraction of sp³-hybridized carbons (Fsp3) is 0.133. The number of nitrogens with zero attached hydrogens (tertiary/aromatic N) is 3. The number of hydrogen-bond acceptors (Lipinski definition) is 3. The minimum Gasteiger partial charge on any atom is -0.309 e. The molecule has 3 rings (SSSR count). The van der Waals surface area contributed by atoms with Gasteiger partial charge in [-0.05, 0) is 18.2 Å². The third kappa shape index (κ3) is 2.01. The first-order valence-corrected chi connectivity index (χ1v) is 6.09. The molecule has 1 aromatic carbocycles. The van der Waals surface area contributed by atoms with Gasteiger partial charge in [-0.25, -0.2) is 0 Å². The van der Waals surface area contributed by atoms with Crippen LogP contribution in [-0.2, 0) is 11.3 Å². The van der Waals surface area contributed by atoms with Crippen LogP contribution in [0.2, 0.25) is 0 Å². The fourth-order valence-electron chi connectivity index (χ4n) is 2.15. The lowest BCUT2D eigenvalue weighted by atomic mass is 10.1. The summed E-state index contributed by atoms with van der Waals surface area (Å²) < 4.78 is 0. The third-order valence-electron chi connectivity index (χ3n) is 3.15. The monoisotopic (exact) mass is 251 g/mol. The quantitative estimate of drug-likeness (QED) is 0.820. The number of aliphatic imine (C=N–C) groups is 1. The maximum Gasteiger partial charge on any atom is 0.276 e. The van der Waals surface area contributed by atoms with Crippen LogP contribution in [0.1, 0.15) is 11.3 Å². The van der Waals surface area contributed by atoms with Crippen molar-refractivity contribution < 1.29 is 4.79 Å². The van der Waals surface area contributed by atoms with Crippen LogP contribution in [0, 0.1) is 0 Å². The van der Waals surface area contributed by atoms with Crippen molar-refractivity contribution in [3.63, 3.8) is 0 Å². The molecule has 0 N–H and O–H groups in total. The third-order valence-corrected chi connectivity index (χ3v) is 3.15. The Morgan fingerprint density at radius 3 is 2.74 bits per heavy atom. The normalized spacial score (nSPS) is 15.9. The lowest BCUT2D eigenvalue weighted by molar-refractivity contribution is -0.111. The second-order valence-corrected chi connectivity index (χ2v) is 4.37. The molecule has 0 unspecified atom stereocenters. The summed E-state index contributed by atoms with van der Waals surface area (Å²) in [4.78, 5) is 22.4. The van der Waals surface area contributed by atoms with E-state index in [-0.39, 0.29) is 5.91 Å². The van der Waals surface area contributed by atoms with Gasteiger partial charge in [-0.1, -0.05) is 24.3 Å². The molecule has 94 valence electrons. The molecule has 0 spiro atoms. The molecule has 0 atom stereocenters. The summed E-state index contributed by atoms with van der Waals surface area (Å²) in [7, 11) is 1.77. The van der Waals surface area contributed by atoms with E-state index >= 15 is 0 Å². The van der Waals surface area contributed by atoms with E-state index in [4.69, 9.17) is 0 Å². The highest BCUT2D eigenvalue weighted by Crippen LogP contribution is 2.27. The summed E-state index contributed by atoms with van der Waals surface area (Å²) >= 11 is 0. The Hall–Kier alpha value is -2.49. The number of para-hydroxylation sites is 1. The van der Waals surface area contributed by atoms with Crippen LogP contribution >= 0.6 is 0 Å². The van der Waals surface area contributed by atoms with E-state index in [1.807, 2.05) is 42.5 Å². The molecule has 0 aliphatic carbocycles. The predicted molar refractivity (Wildman–Crippen MR) is 74.3 cm³/mol. The van der Waals surface area contributed by atoms with Gasteiger partial charge in [-0.15, -0.1) is 0 Å². The van der Waals surface area contributed by atoms with Gasteiger partial charge >= 0.3 is 0 Å². The zero-order valence-electron chi connectivity index (χ0n) is 10.6. The Labute approximate surface area is 111 Å². The van der Waals surface area contributed by atoms with Crippen molar-refractivity contribution in [1.29, 1.82) is 0 Å². The van der Waals surface area contributed by atoms with E-state index in [0.29, 0.717) is 12.3 Å². The molecule has 0 saturated carbocycles. The number of aromatic nitrogens is 1. The molecular weight excluding hydrogens is 238 g/mol. The van der Waals surface area contributed by atoms with Gasteiger partial charge in [0.05, 0.1) is 17.9 Å². The largest absolute Gasteiger partial charge is 0.309 e. The predicted octanol–water partition coefficient (Wildman–Crippen LogP) is 2.05. The van der Waals surface area contributed by atoms with Crippen molar-refractivity contribution in [3.8, 4) is 0 Å². The molecule has 4 nitrogen and oxygen atoms in total. The lowest BCUT2D eigenvalue weighted by Gasteiger charge is -2.07. The number of carbonyl (C=O) groups excluding carboxylic acids is 1. The molecule has 1 aliphatic heterocycles. The molecule has 1 amide bonds. The highest BCUT2D eigenvalue weighted by atomic mass is 16.2. The van der Waals surface area contributed by atoms with Gasteiger partial charge in [0.2, 0.25) is 0 Å². The van der Waals surface area contributed by atoms with Crippen LogP contribution in [0.3, 0.4) is 0 Å². The smallest absolute Gasteiger partial charge is 0.276 e. The first-order valence-electron chi connectivity index (χ1n) is 6.09. The Kier molecular flexibility index (Phi) is 2.83. The summed E-state index contributed by atoms with van der Waals surface area (Å²) in [6.45, 7) is 0.421. The van der Waals surface area contributed by atoms with Crippen molar-refractivity contribution >= 4 is 17.3 Å². The molecule has 0 fully saturated rings. The maximum atomic E-state index is 12.2. The summed E-state index contributed by atoms with van der Waals surface area (Å²) in [5.74, 6) is -0.0582. The molecule has 0 bridgehead atoms. The highest BCUT2D eigenvalue weighted by Gasteiger charge is 2.30. The molecule has 1 aromatic heterocycles. The summed E-state index contributed by atoms with van der Waals surface area (Å²) in [6.07, 6.45) is 1.73. The first kappa shape index (κ1) is 11.6. The molecule has 2 aromatic rings. The van der Waals surface area contributed by atoms with Crippen LogP contribution in [-0.4, -0.2) is 23.7 Å². The summed E-state index contributed by atoms with van der Waals surface area (Å²) in [6, 6.07) is 13.4. The fourth-order valence-corrected chi connectivity index (χ4v) is 2.15. The molecule has 19 heavy (non-hydrogen) atoms. The Morgan fingerprint density at radius 1 is 1.16 bits per heavy atom. The number of amides is 1. The number of rotatable bonds is 2. The SMILES string of the molecule is CN1C(=O)C(=NCc2ccccn2)c2ccccc21. The average molecular weight is 251 g/mol. The van der Waals surface area contributed by atoms with E-state index in [1.165, 1.54) is 0 Å². The van der Waals surface area contributed by atoms with Crippen molar-refractivity contribution in [2.45, 2.75) is 6.54 Å². The number of benzene rings is 1. The first-order chi connectivity index (χ1) is 9.27. The van der Waals surface area contributed by atoms with Crippen molar-refractivity contribution in [2.24, 2.45) is 4.99 Å². The molecule has 0 radical (unpaired) electrons. The van der Waals surface area contributed by atoms with Gasteiger partial charge in [-0.2, -0.15) is 0 Å². The average Bonchev–Trinajstić information content (AvgIpc) is 2.71. The number of pyridine rings is 1. The zero-order chi connectivity index (χ0) is 13.2. The number of likely N-dealkylation sites (N-methyl/N-ethyl adjacent to an activating group) is 1. The van der Waals surface area contributed by atoms with E-state index in [1.54, 1.807) is 18.1 Å². The van der Waals surface area contributed by atoms with Crippen molar-refractivity contribution in [2.75, 3.05) is 11.9 Å². The van der Waals surface area contributed by atoms with Gasteiger partial charge in [-0.3, -0.25) is 14.8 Å². The van der Waals surface area contributed by atoms with Crippen LogP contribution in [0.25, 0.3) is 0 Å². The van der Waals surface area contributed by atoms with Crippen molar-refractivity contribution in [1.82, 2.24) is 4.98 Å². The van der Waals surface area contributed by atoms with Crippen molar-refractivity contribution in [3.05, 3.63) is 59.9 Å². The minimum atomic E-state index is -0.0582. The second-order valence-electron chi connectivity index (χ2n) is 4.37. The molecular formula is C15H13N3O. The maximum absolute atomic E-state index is 12.2. The van der Waals surface area contributed by atoms with Gasteiger partial charge in [0.1, 0.15) is 5.71 Å². The minimum absolute atomic E-state index is 0.0582. The Bertz CT molecular complexity index is 649. The molecule has 1 aliphatic rings. The molecule has 4 heteroatoms. The number of fused-ring (bicyclic) bond motifs is 1. The lowest BCUT2D eigenvalue weighted by Crippen LogP contribution is -2.25. The highest BCUT2D eigenvalue weighted by molar-refractivity contribution is 6.54. The van der Waals surface area contributed by atoms with Gasteiger partial charge < -0.3 is 4.90 Å². The van der Waals surface area contributed by atoms with E-state index < -0.39 is 0 Å². The van der Waals surface area contributed by atoms with Gasteiger partial charge in [0, 0.05) is 18.8 Å². The Morgan fingerprint density at radius 2 is 1.95 bits per heavy atom. The summed E-state index contributed by atoms with van der Waals surface area (Å²) in [5.41, 5.74) is 3.18. The van der Waals surface area contributed by atoms with Gasteiger partial charge in [0.15, 0.2) is 0 Å². The molecule has 0 saturated heterocycles. The molecule has 2 heterocycles. The standard InChI is InChI=1S/C15H13N3O/c1-18-13-8-3-2-7-12(13)14(15(18)19)17-10-11-6-4-5-9-16-11/h2-9H,10H2,1H3. The summed E-state index contributed by atoms with van der Waals surface area (Å²) in [5, 5.41) is 0. The number of anilines is 1. The van der Waals surface area contributed by atoms with E-state index in [2.05, 4.69) is 9.98 Å². The van der Waals surface area contributed by atoms with Crippen LogP contribution in [0.15, 0.2) is 53.7 Å². The van der Waals surface area contributed by atoms with E-state index in [0.717, 1.165) is 16.9 Å². The topological polar surface area (TPSA) is 45.6 Å². The number of hydrogen-bond donors (Lipinski definition) is 0. The van der Waals surface area contributed by atoms with Crippen LogP contribution in [0.4, 0.5) is 5.69 Å². The zero-order valence-corrected chi connectivity index (χ0v) is 10.6.